The molecule has 1 amide bonds. The van der Waals surface area contributed by atoms with E-state index in [1.165, 1.54) is 0 Å². The Labute approximate surface area is 114 Å². The van der Waals surface area contributed by atoms with Crippen molar-refractivity contribution >= 4 is 11.6 Å². The third-order valence-electron chi connectivity index (χ3n) is 2.42. The Balaban J connectivity index is 2.45. The van der Waals surface area contributed by atoms with Crippen molar-refractivity contribution in [2.75, 3.05) is 25.6 Å². The second-order valence-corrected chi connectivity index (χ2v) is 4.48. The molecule has 0 radical (unpaired) electrons. The SMILES string of the molecule is COCCOCc1cccc(NC(=O)CC(C)N)c1. The minimum atomic E-state index is -0.138. The van der Waals surface area contributed by atoms with Crippen LogP contribution in [0.15, 0.2) is 24.3 Å². The van der Waals surface area contributed by atoms with E-state index in [1.54, 1.807) is 14.0 Å². The summed E-state index contributed by atoms with van der Waals surface area (Å²) in [7, 11) is 1.64. The molecule has 0 aliphatic rings. The summed E-state index contributed by atoms with van der Waals surface area (Å²) in [6.45, 7) is 3.43. The van der Waals surface area contributed by atoms with E-state index in [4.69, 9.17) is 15.2 Å². The maximum Gasteiger partial charge on any atom is 0.225 e. The molecule has 0 saturated carbocycles. The quantitative estimate of drug-likeness (QED) is 0.700. The Kier molecular flexibility index (Phi) is 7.10. The highest BCUT2D eigenvalue weighted by Crippen LogP contribution is 2.12. The van der Waals surface area contributed by atoms with Crippen molar-refractivity contribution in [2.45, 2.75) is 26.0 Å². The van der Waals surface area contributed by atoms with Crippen molar-refractivity contribution in [1.82, 2.24) is 0 Å². The lowest BCUT2D eigenvalue weighted by molar-refractivity contribution is -0.116. The number of methoxy groups -OCH3 is 1. The first-order valence-corrected chi connectivity index (χ1v) is 6.33. The lowest BCUT2D eigenvalue weighted by Crippen LogP contribution is -2.24. The van der Waals surface area contributed by atoms with Gasteiger partial charge in [0.15, 0.2) is 0 Å². The maximum absolute atomic E-state index is 11.6. The molecule has 0 bridgehead atoms. The number of rotatable bonds is 8. The molecule has 0 fully saturated rings. The normalized spacial score (nSPS) is 12.2. The molecule has 0 aromatic heterocycles. The summed E-state index contributed by atoms with van der Waals surface area (Å²) in [6.07, 6.45) is 0.314. The predicted molar refractivity (Wildman–Crippen MR) is 74.9 cm³/mol. The van der Waals surface area contributed by atoms with Gasteiger partial charge in [-0.25, -0.2) is 0 Å². The fourth-order valence-corrected chi connectivity index (χ4v) is 1.58. The van der Waals surface area contributed by atoms with Crippen LogP contribution >= 0.6 is 0 Å². The van der Waals surface area contributed by atoms with E-state index in [-0.39, 0.29) is 11.9 Å². The van der Waals surface area contributed by atoms with Crippen LogP contribution in [0.25, 0.3) is 0 Å². The topological polar surface area (TPSA) is 73.6 Å². The molecule has 1 atom stereocenters. The first-order chi connectivity index (χ1) is 9.11. The number of nitrogens with two attached hydrogens (primary N) is 1. The van der Waals surface area contributed by atoms with Crippen LogP contribution in [0, 0.1) is 0 Å². The van der Waals surface area contributed by atoms with E-state index in [0.717, 1.165) is 11.3 Å². The Morgan fingerprint density at radius 2 is 2.21 bits per heavy atom. The maximum atomic E-state index is 11.6. The van der Waals surface area contributed by atoms with Crippen molar-refractivity contribution in [3.05, 3.63) is 29.8 Å². The van der Waals surface area contributed by atoms with E-state index in [0.29, 0.717) is 26.2 Å². The molecule has 0 spiro atoms. The molecule has 1 unspecified atom stereocenters. The average molecular weight is 266 g/mol. The fourth-order valence-electron chi connectivity index (χ4n) is 1.58. The zero-order chi connectivity index (χ0) is 14.1. The van der Waals surface area contributed by atoms with Gasteiger partial charge >= 0.3 is 0 Å². The summed E-state index contributed by atoms with van der Waals surface area (Å²) in [5, 5.41) is 2.82. The third-order valence-corrected chi connectivity index (χ3v) is 2.42. The van der Waals surface area contributed by atoms with Crippen LogP contribution in [0.4, 0.5) is 5.69 Å². The molecule has 5 heteroatoms. The Hall–Kier alpha value is -1.43. The van der Waals surface area contributed by atoms with Crippen molar-refractivity contribution in [3.8, 4) is 0 Å². The average Bonchev–Trinajstić information content (AvgIpc) is 2.34. The lowest BCUT2D eigenvalue weighted by Gasteiger charge is -2.09. The molecule has 106 valence electrons. The van der Waals surface area contributed by atoms with Crippen LogP contribution in [0.3, 0.4) is 0 Å². The van der Waals surface area contributed by atoms with Crippen molar-refractivity contribution in [3.63, 3.8) is 0 Å². The molecular weight excluding hydrogens is 244 g/mol. The Morgan fingerprint density at radius 3 is 2.89 bits per heavy atom. The zero-order valence-corrected chi connectivity index (χ0v) is 11.5. The van der Waals surface area contributed by atoms with Gasteiger partial charge in [-0.15, -0.1) is 0 Å². The van der Waals surface area contributed by atoms with Crippen molar-refractivity contribution in [1.29, 1.82) is 0 Å². The highest BCUT2D eigenvalue weighted by atomic mass is 16.5. The minimum absolute atomic E-state index is 0.0764. The molecule has 0 aliphatic carbocycles. The standard InChI is InChI=1S/C14H22N2O3/c1-11(15)8-14(17)16-13-5-3-4-12(9-13)10-19-7-6-18-2/h3-5,9,11H,6-8,10,15H2,1-2H3,(H,16,17). The summed E-state index contributed by atoms with van der Waals surface area (Å²) in [4.78, 5) is 11.6. The second kappa shape index (κ2) is 8.63. The summed E-state index contributed by atoms with van der Waals surface area (Å²) in [5.41, 5.74) is 7.35. The first-order valence-electron chi connectivity index (χ1n) is 6.33. The van der Waals surface area contributed by atoms with Gasteiger partial charge in [0, 0.05) is 25.3 Å². The largest absolute Gasteiger partial charge is 0.382 e. The van der Waals surface area contributed by atoms with E-state index in [1.807, 2.05) is 24.3 Å². The monoisotopic (exact) mass is 266 g/mol. The molecule has 0 aliphatic heterocycles. The molecule has 0 saturated heterocycles. The molecule has 1 aromatic rings. The smallest absolute Gasteiger partial charge is 0.225 e. The molecule has 1 aromatic carbocycles. The second-order valence-electron chi connectivity index (χ2n) is 4.48. The number of benzene rings is 1. The van der Waals surface area contributed by atoms with Crippen LogP contribution in [-0.2, 0) is 20.9 Å². The number of hydrogen-bond acceptors (Lipinski definition) is 4. The van der Waals surface area contributed by atoms with Crippen LogP contribution in [-0.4, -0.2) is 32.3 Å². The van der Waals surface area contributed by atoms with Gasteiger partial charge in [0.1, 0.15) is 0 Å². The highest BCUT2D eigenvalue weighted by molar-refractivity contribution is 5.91. The van der Waals surface area contributed by atoms with Gasteiger partial charge in [-0.3, -0.25) is 4.79 Å². The number of ether oxygens (including phenoxy) is 2. The molecule has 5 nitrogen and oxygen atoms in total. The van der Waals surface area contributed by atoms with Gasteiger partial charge in [-0.1, -0.05) is 12.1 Å². The van der Waals surface area contributed by atoms with Crippen LogP contribution in [0.1, 0.15) is 18.9 Å². The number of anilines is 1. The summed E-state index contributed by atoms with van der Waals surface area (Å²) in [6, 6.07) is 7.44. The summed E-state index contributed by atoms with van der Waals surface area (Å²) >= 11 is 0. The van der Waals surface area contributed by atoms with Crippen molar-refractivity contribution in [2.24, 2.45) is 5.73 Å². The van der Waals surface area contributed by atoms with Crippen LogP contribution in [0.2, 0.25) is 0 Å². The Morgan fingerprint density at radius 1 is 1.42 bits per heavy atom. The molecule has 19 heavy (non-hydrogen) atoms. The molecular formula is C14H22N2O3. The van der Waals surface area contributed by atoms with E-state index in [9.17, 15) is 4.79 Å². The minimum Gasteiger partial charge on any atom is -0.382 e. The number of amides is 1. The number of hydrogen-bond donors (Lipinski definition) is 2. The van der Waals surface area contributed by atoms with Gasteiger partial charge in [-0.05, 0) is 24.6 Å². The van der Waals surface area contributed by atoms with E-state index >= 15 is 0 Å². The van der Waals surface area contributed by atoms with Gasteiger partial charge in [0.25, 0.3) is 0 Å². The first kappa shape index (κ1) is 15.6. The van der Waals surface area contributed by atoms with Gasteiger partial charge < -0.3 is 20.5 Å². The van der Waals surface area contributed by atoms with Gasteiger partial charge in [0.2, 0.25) is 5.91 Å². The van der Waals surface area contributed by atoms with Crippen LogP contribution < -0.4 is 11.1 Å². The number of nitrogens with one attached hydrogen (secondary N) is 1. The van der Waals surface area contributed by atoms with Crippen molar-refractivity contribution < 1.29 is 14.3 Å². The lowest BCUT2D eigenvalue weighted by atomic mass is 10.2. The summed E-state index contributed by atoms with van der Waals surface area (Å²) < 4.78 is 10.3. The highest BCUT2D eigenvalue weighted by Gasteiger charge is 2.05. The van der Waals surface area contributed by atoms with Crippen LogP contribution in [0.5, 0.6) is 0 Å². The van der Waals surface area contributed by atoms with E-state index in [2.05, 4.69) is 5.32 Å². The fraction of sp³-hybridized carbons (Fsp3) is 0.500. The zero-order valence-electron chi connectivity index (χ0n) is 11.5. The predicted octanol–water partition coefficient (Wildman–Crippen LogP) is 1.53. The molecule has 1 rings (SSSR count). The molecule has 3 N–H and O–H groups in total. The summed E-state index contributed by atoms with van der Waals surface area (Å²) in [5.74, 6) is -0.0764. The number of carbonyl (C=O) groups excluding carboxylic acids is 1. The molecule has 0 heterocycles. The van der Waals surface area contributed by atoms with E-state index < -0.39 is 0 Å². The van der Waals surface area contributed by atoms with Gasteiger partial charge in [0.05, 0.1) is 19.8 Å². The Bertz CT molecular complexity index is 394. The number of carbonyl (C=O) groups is 1. The third kappa shape index (κ3) is 6.91. The van der Waals surface area contributed by atoms with Gasteiger partial charge in [-0.2, -0.15) is 0 Å².